The van der Waals surface area contributed by atoms with Gasteiger partial charge in [-0.15, -0.1) is 11.3 Å². The number of imidazole rings is 1. The number of anilines is 1. The molecule has 25 heavy (non-hydrogen) atoms. The lowest BCUT2D eigenvalue weighted by Gasteiger charge is -2.19. The van der Waals surface area contributed by atoms with E-state index in [1.807, 2.05) is 22.2 Å². The standard InChI is InChI=1S/C17H15ClN4O2S/c18-11-3-4-13(14(8-11)22-5-1-2-15(22)23)16(24)19-9-12-10-21-6-7-25-17(21)20-12/h3-4,6-8,10H,1-2,5,9H2,(H,19,24). The highest BCUT2D eigenvalue weighted by Gasteiger charge is 2.26. The molecule has 1 saturated heterocycles. The van der Waals surface area contributed by atoms with Gasteiger partial charge in [-0.25, -0.2) is 4.98 Å². The molecule has 0 atom stereocenters. The summed E-state index contributed by atoms with van der Waals surface area (Å²) < 4.78 is 1.92. The van der Waals surface area contributed by atoms with Crippen LogP contribution in [-0.4, -0.2) is 27.7 Å². The number of carbonyl (C=O) groups excluding carboxylic acids is 2. The zero-order valence-corrected chi connectivity index (χ0v) is 14.8. The summed E-state index contributed by atoms with van der Waals surface area (Å²) in [6, 6.07) is 4.99. The van der Waals surface area contributed by atoms with E-state index in [1.54, 1.807) is 34.4 Å². The highest BCUT2D eigenvalue weighted by molar-refractivity contribution is 7.15. The van der Waals surface area contributed by atoms with Crippen molar-refractivity contribution in [1.29, 1.82) is 0 Å². The van der Waals surface area contributed by atoms with Crippen LogP contribution in [0.3, 0.4) is 0 Å². The second-order valence-electron chi connectivity index (χ2n) is 5.82. The van der Waals surface area contributed by atoms with Gasteiger partial charge in [0.15, 0.2) is 4.96 Å². The highest BCUT2D eigenvalue weighted by Crippen LogP contribution is 2.28. The molecular weight excluding hydrogens is 360 g/mol. The molecule has 0 spiro atoms. The minimum atomic E-state index is -0.247. The Balaban J connectivity index is 1.55. The van der Waals surface area contributed by atoms with Crippen molar-refractivity contribution in [2.24, 2.45) is 0 Å². The predicted octanol–water partition coefficient (Wildman–Crippen LogP) is 3.11. The second-order valence-corrected chi connectivity index (χ2v) is 7.13. The minimum Gasteiger partial charge on any atom is -0.346 e. The van der Waals surface area contributed by atoms with E-state index in [1.165, 1.54) is 0 Å². The molecule has 0 unspecified atom stereocenters. The summed E-state index contributed by atoms with van der Waals surface area (Å²) in [4.78, 5) is 31.7. The van der Waals surface area contributed by atoms with Gasteiger partial charge >= 0.3 is 0 Å². The summed E-state index contributed by atoms with van der Waals surface area (Å²) in [6.07, 6.45) is 5.10. The van der Waals surface area contributed by atoms with E-state index in [4.69, 9.17) is 11.6 Å². The third-order valence-corrected chi connectivity index (χ3v) is 5.15. The third kappa shape index (κ3) is 3.12. The lowest BCUT2D eigenvalue weighted by atomic mass is 10.1. The molecular formula is C17H15ClN4O2S. The Kier molecular flexibility index (Phi) is 4.19. The topological polar surface area (TPSA) is 66.7 Å². The lowest BCUT2D eigenvalue weighted by molar-refractivity contribution is -0.117. The summed E-state index contributed by atoms with van der Waals surface area (Å²) >= 11 is 7.61. The molecule has 1 aliphatic heterocycles. The summed E-state index contributed by atoms with van der Waals surface area (Å²) in [5.74, 6) is -0.228. The quantitative estimate of drug-likeness (QED) is 0.763. The number of aromatic nitrogens is 2. The lowest BCUT2D eigenvalue weighted by Crippen LogP contribution is -2.29. The fraction of sp³-hybridized carbons (Fsp3) is 0.235. The molecule has 4 rings (SSSR count). The molecule has 0 radical (unpaired) electrons. The molecule has 3 heterocycles. The van der Waals surface area contributed by atoms with Crippen molar-refractivity contribution in [1.82, 2.24) is 14.7 Å². The minimum absolute atomic E-state index is 0.0191. The van der Waals surface area contributed by atoms with Crippen molar-refractivity contribution >= 4 is 45.4 Å². The van der Waals surface area contributed by atoms with Crippen LogP contribution in [0.15, 0.2) is 36.0 Å². The molecule has 0 aliphatic carbocycles. The Bertz CT molecular complexity index is 936. The van der Waals surface area contributed by atoms with Crippen LogP contribution in [0, 0.1) is 0 Å². The van der Waals surface area contributed by atoms with Gasteiger partial charge in [0, 0.05) is 35.8 Å². The number of carbonyl (C=O) groups is 2. The molecule has 2 amide bonds. The van der Waals surface area contributed by atoms with Gasteiger partial charge in [-0.05, 0) is 24.6 Å². The number of rotatable bonds is 4. The van der Waals surface area contributed by atoms with E-state index in [-0.39, 0.29) is 11.8 Å². The molecule has 2 aromatic heterocycles. The summed E-state index contributed by atoms with van der Waals surface area (Å²) in [6.45, 7) is 0.931. The average molecular weight is 375 g/mol. The molecule has 1 aliphatic rings. The third-order valence-electron chi connectivity index (χ3n) is 4.14. The fourth-order valence-corrected chi connectivity index (χ4v) is 3.84. The van der Waals surface area contributed by atoms with Gasteiger partial charge in [0.2, 0.25) is 5.91 Å². The van der Waals surface area contributed by atoms with Crippen LogP contribution in [0.25, 0.3) is 4.96 Å². The van der Waals surface area contributed by atoms with Gasteiger partial charge in [0.05, 0.1) is 23.5 Å². The first-order valence-electron chi connectivity index (χ1n) is 7.91. The van der Waals surface area contributed by atoms with Crippen LogP contribution in [-0.2, 0) is 11.3 Å². The summed E-state index contributed by atoms with van der Waals surface area (Å²) in [5, 5.41) is 5.33. The van der Waals surface area contributed by atoms with Gasteiger partial charge in [0.1, 0.15) is 0 Å². The highest BCUT2D eigenvalue weighted by atomic mass is 35.5. The van der Waals surface area contributed by atoms with E-state index >= 15 is 0 Å². The number of thiazole rings is 1. The van der Waals surface area contributed by atoms with Crippen molar-refractivity contribution < 1.29 is 9.59 Å². The zero-order valence-electron chi connectivity index (χ0n) is 13.2. The number of hydrogen-bond acceptors (Lipinski definition) is 4. The predicted molar refractivity (Wildman–Crippen MR) is 97.3 cm³/mol. The van der Waals surface area contributed by atoms with Gasteiger partial charge < -0.3 is 10.2 Å². The molecule has 1 aromatic carbocycles. The normalized spacial score (nSPS) is 14.4. The Morgan fingerprint density at radius 1 is 1.40 bits per heavy atom. The van der Waals surface area contributed by atoms with Crippen molar-refractivity contribution in [2.75, 3.05) is 11.4 Å². The molecule has 0 saturated carbocycles. The summed E-state index contributed by atoms with van der Waals surface area (Å²) in [5.41, 5.74) is 1.80. The maximum absolute atomic E-state index is 12.6. The average Bonchev–Trinajstić information content (AvgIpc) is 3.28. The molecule has 8 heteroatoms. The van der Waals surface area contributed by atoms with Crippen molar-refractivity contribution in [3.8, 4) is 0 Å². The number of hydrogen-bond donors (Lipinski definition) is 1. The maximum Gasteiger partial charge on any atom is 0.253 e. The van der Waals surface area contributed by atoms with Gasteiger partial charge in [0.25, 0.3) is 5.91 Å². The Morgan fingerprint density at radius 3 is 3.04 bits per heavy atom. The van der Waals surface area contributed by atoms with Gasteiger partial charge in [-0.1, -0.05) is 11.6 Å². The molecule has 1 fully saturated rings. The van der Waals surface area contributed by atoms with Crippen LogP contribution in [0.4, 0.5) is 5.69 Å². The fourth-order valence-electron chi connectivity index (χ4n) is 2.95. The van der Waals surface area contributed by atoms with Crippen LogP contribution in [0.1, 0.15) is 28.9 Å². The SMILES string of the molecule is O=C(NCc1cn2ccsc2n1)c1ccc(Cl)cc1N1CCCC1=O. The number of nitrogens with zero attached hydrogens (tertiary/aromatic N) is 3. The number of halogens is 1. The van der Waals surface area contributed by atoms with E-state index in [2.05, 4.69) is 10.3 Å². The Labute approximate surface area is 153 Å². The summed E-state index contributed by atoms with van der Waals surface area (Å²) in [7, 11) is 0. The molecule has 6 nitrogen and oxygen atoms in total. The molecule has 128 valence electrons. The van der Waals surface area contributed by atoms with Gasteiger partial charge in [-0.3, -0.25) is 14.0 Å². The number of amides is 2. The maximum atomic E-state index is 12.6. The van der Waals surface area contributed by atoms with Crippen molar-refractivity contribution in [3.05, 3.63) is 52.3 Å². The van der Waals surface area contributed by atoms with E-state index in [0.717, 1.165) is 17.1 Å². The monoisotopic (exact) mass is 374 g/mol. The molecule has 0 bridgehead atoms. The Hall–Kier alpha value is -2.38. The van der Waals surface area contributed by atoms with Crippen molar-refractivity contribution in [3.63, 3.8) is 0 Å². The number of nitrogens with one attached hydrogen (secondary N) is 1. The first-order chi connectivity index (χ1) is 12.1. The van der Waals surface area contributed by atoms with Crippen LogP contribution in [0.2, 0.25) is 5.02 Å². The first kappa shape index (κ1) is 16.1. The van der Waals surface area contributed by atoms with E-state index < -0.39 is 0 Å². The number of fused-ring (bicyclic) bond motifs is 1. The molecule has 1 N–H and O–H groups in total. The first-order valence-corrected chi connectivity index (χ1v) is 9.17. The number of benzene rings is 1. The molecule has 3 aromatic rings. The largest absolute Gasteiger partial charge is 0.346 e. The van der Waals surface area contributed by atoms with Gasteiger partial charge in [-0.2, -0.15) is 0 Å². The smallest absolute Gasteiger partial charge is 0.253 e. The van der Waals surface area contributed by atoms with Crippen LogP contribution < -0.4 is 10.2 Å². The van der Waals surface area contributed by atoms with Crippen LogP contribution >= 0.6 is 22.9 Å². The van der Waals surface area contributed by atoms with Crippen molar-refractivity contribution in [2.45, 2.75) is 19.4 Å². The zero-order chi connectivity index (χ0) is 17.4. The Morgan fingerprint density at radius 2 is 2.28 bits per heavy atom. The second kappa shape index (κ2) is 6.50. The van der Waals surface area contributed by atoms with Crippen LogP contribution in [0.5, 0.6) is 0 Å². The van der Waals surface area contributed by atoms with E-state index in [0.29, 0.717) is 35.8 Å². The van der Waals surface area contributed by atoms with E-state index in [9.17, 15) is 9.59 Å².